The molecule has 0 saturated carbocycles. The number of aryl methyl sites for hydroxylation is 1. The molecule has 0 unspecified atom stereocenters. The van der Waals surface area contributed by atoms with Gasteiger partial charge >= 0.3 is 0 Å². The molecule has 2 heterocycles. The Labute approximate surface area is 199 Å². The van der Waals surface area contributed by atoms with Crippen molar-refractivity contribution in [2.24, 2.45) is 18.9 Å². The number of hydrogen-bond donors (Lipinski definition) is 1. The van der Waals surface area contributed by atoms with Gasteiger partial charge in [-0.15, -0.1) is 0 Å². The minimum atomic E-state index is -3.74. The van der Waals surface area contributed by atoms with Crippen molar-refractivity contribution < 1.29 is 17.6 Å². The molecular formula is C25H29FN4O3S. The summed E-state index contributed by atoms with van der Waals surface area (Å²) in [5.41, 5.74) is 0.444. The number of benzene rings is 2. The van der Waals surface area contributed by atoms with E-state index >= 15 is 0 Å². The number of piperidine rings is 1. The Morgan fingerprint density at radius 1 is 1.12 bits per heavy atom. The number of carbonyl (C=O) groups is 1. The molecule has 3 aromatic rings. The SMILES string of the molecule is C[C@@H]1C[C@@H](C)CN(S(=O)(=O)c2cccc(C(=O)N[C@H](c3ccccc3F)c3nccn3C)c2)C1. The molecule has 1 saturated heterocycles. The molecule has 0 aliphatic carbocycles. The first kappa shape index (κ1) is 24.1. The molecule has 180 valence electrons. The fourth-order valence-corrected chi connectivity index (χ4v) is 6.34. The van der Waals surface area contributed by atoms with Crippen LogP contribution in [0.25, 0.3) is 0 Å². The second-order valence-electron chi connectivity index (χ2n) is 9.12. The Balaban J connectivity index is 1.64. The molecule has 1 amide bonds. The smallest absolute Gasteiger partial charge is 0.252 e. The van der Waals surface area contributed by atoms with Gasteiger partial charge in [-0.25, -0.2) is 17.8 Å². The van der Waals surface area contributed by atoms with E-state index in [1.807, 2.05) is 13.8 Å². The van der Waals surface area contributed by atoms with Gasteiger partial charge in [0, 0.05) is 43.7 Å². The van der Waals surface area contributed by atoms with Crippen molar-refractivity contribution in [2.45, 2.75) is 31.2 Å². The highest BCUT2D eigenvalue weighted by molar-refractivity contribution is 7.89. The van der Waals surface area contributed by atoms with Crippen LogP contribution >= 0.6 is 0 Å². The van der Waals surface area contributed by atoms with Crippen LogP contribution in [0.15, 0.2) is 65.8 Å². The molecule has 1 aromatic heterocycles. The lowest BCUT2D eigenvalue weighted by Crippen LogP contribution is -2.42. The van der Waals surface area contributed by atoms with Gasteiger partial charge in [-0.3, -0.25) is 4.79 Å². The maximum Gasteiger partial charge on any atom is 0.252 e. The zero-order valence-corrected chi connectivity index (χ0v) is 20.3. The van der Waals surface area contributed by atoms with Gasteiger partial charge in [-0.2, -0.15) is 4.31 Å². The maximum atomic E-state index is 14.6. The van der Waals surface area contributed by atoms with Crippen molar-refractivity contribution in [3.63, 3.8) is 0 Å². The highest BCUT2D eigenvalue weighted by Gasteiger charge is 2.32. The summed E-state index contributed by atoms with van der Waals surface area (Å²) < 4.78 is 44.4. The number of imidazole rings is 1. The van der Waals surface area contributed by atoms with Gasteiger partial charge < -0.3 is 9.88 Å². The normalized spacial score (nSPS) is 20.1. The number of aromatic nitrogens is 2. The maximum absolute atomic E-state index is 14.6. The number of nitrogens with zero attached hydrogens (tertiary/aromatic N) is 3. The lowest BCUT2D eigenvalue weighted by molar-refractivity contribution is 0.0940. The molecule has 1 fully saturated rings. The lowest BCUT2D eigenvalue weighted by Gasteiger charge is -2.34. The predicted molar refractivity (Wildman–Crippen MR) is 127 cm³/mol. The van der Waals surface area contributed by atoms with E-state index in [2.05, 4.69) is 10.3 Å². The molecule has 0 bridgehead atoms. The van der Waals surface area contributed by atoms with Crippen LogP contribution in [0, 0.1) is 17.7 Å². The van der Waals surface area contributed by atoms with E-state index in [0.29, 0.717) is 18.9 Å². The van der Waals surface area contributed by atoms with E-state index in [1.165, 1.54) is 22.5 Å². The van der Waals surface area contributed by atoms with Crippen LogP contribution in [0.1, 0.15) is 48.1 Å². The second-order valence-corrected chi connectivity index (χ2v) is 11.1. The van der Waals surface area contributed by atoms with Gasteiger partial charge in [0.2, 0.25) is 10.0 Å². The van der Waals surface area contributed by atoms with Gasteiger partial charge in [0.25, 0.3) is 5.91 Å². The molecule has 9 heteroatoms. The Kier molecular flexibility index (Phi) is 6.86. The molecule has 4 rings (SSSR count). The Morgan fingerprint density at radius 3 is 2.47 bits per heavy atom. The largest absolute Gasteiger partial charge is 0.338 e. The molecule has 34 heavy (non-hydrogen) atoms. The Bertz CT molecular complexity index is 1280. The van der Waals surface area contributed by atoms with Crippen molar-refractivity contribution in [1.82, 2.24) is 19.2 Å². The fraction of sp³-hybridized carbons (Fsp3) is 0.360. The molecule has 3 atom stereocenters. The highest BCUT2D eigenvalue weighted by Crippen LogP contribution is 2.28. The van der Waals surface area contributed by atoms with Crippen molar-refractivity contribution >= 4 is 15.9 Å². The first-order valence-corrected chi connectivity index (χ1v) is 12.7. The van der Waals surface area contributed by atoms with E-state index in [-0.39, 0.29) is 27.9 Å². The van der Waals surface area contributed by atoms with Gasteiger partial charge in [0.05, 0.1) is 4.90 Å². The van der Waals surface area contributed by atoms with Crippen LogP contribution in [-0.2, 0) is 17.1 Å². The minimum Gasteiger partial charge on any atom is -0.338 e. The molecule has 1 aliphatic heterocycles. The van der Waals surface area contributed by atoms with E-state index in [1.54, 1.807) is 54.3 Å². The summed E-state index contributed by atoms with van der Waals surface area (Å²) in [5, 5.41) is 2.84. The zero-order chi connectivity index (χ0) is 24.5. The van der Waals surface area contributed by atoms with E-state index in [9.17, 15) is 17.6 Å². The van der Waals surface area contributed by atoms with Crippen molar-refractivity contribution in [1.29, 1.82) is 0 Å². The molecule has 0 radical (unpaired) electrons. The first-order valence-electron chi connectivity index (χ1n) is 11.3. The summed E-state index contributed by atoms with van der Waals surface area (Å²) >= 11 is 0. The van der Waals surface area contributed by atoms with Gasteiger partial charge in [0.1, 0.15) is 17.7 Å². The monoisotopic (exact) mass is 484 g/mol. The molecule has 1 aliphatic rings. The summed E-state index contributed by atoms with van der Waals surface area (Å²) in [7, 11) is -1.98. The Hall–Kier alpha value is -3.04. The average molecular weight is 485 g/mol. The van der Waals surface area contributed by atoms with Crippen molar-refractivity contribution in [3.05, 3.63) is 83.7 Å². The van der Waals surface area contributed by atoms with Crippen LogP contribution in [-0.4, -0.2) is 41.3 Å². The molecule has 7 nitrogen and oxygen atoms in total. The van der Waals surface area contributed by atoms with E-state index in [0.717, 1.165) is 6.42 Å². The number of nitrogens with one attached hydrogen (secondary N) is 1. The number of rotatable bonds is 6. The third-order valence-electron chi connectivity index (χ3n) is 6.18. The van der Waals surface area contributed by atoms with E-state index < -0.39 is 27.8 Å². The summed E-state index contributed by atoms with van der Waals surface area (Å²) in [6, 6.07) is 11.3. The average Bonchev–Trinajstić information content (AvgIpc) is 3.23. The van der Waals surface area contributed by atoms with Gasteiger partial charge in [0.15, 0.2) is 0 Å². The molecule has 0 spiro atoms. The highest BCUT2D eigenvalue weighted by atomic mass is 32.2. The number of sulfonamides is 1. The van der Waals surface area contributed by atoms with Crippen molar-refractivity contribution in [2.75, 3.05) is 13.1 Å². The molecular weight excluding hydrogens is 455 g/mol. The summed E-state index contributed by atoms with van der Waals surface area (Å²) in [5.74, 6) is 0.00121. The third-order valence-corrected chi connectivity index (χ3v) is 8.01. The van der Waals surface area contributed by atoms with E-state index in [4.69, 9.17) is 0 Å². The minimum absolute atomic E-state index is 0.0703. The quantitative estimate of drug-likeness (QED) is 0.578. The van der Waals surface area contributed by atoms with Crippen LogP contribution in [0.3, 0.4) is 0 Å². The van der Waals surface area contributed by atoms with Crippen molar-refractivity contribution in [3.8, 4) is 0 Å². The van der Waals surface area contributed by atoms with Crippen LogP contribution in [0.2, 0.25) is 0 Å². The number of carbonyl (C=O) groups excluding carboxylic acids is 1. The van der Waals surface area contributed by atoms with Gasteiger partial charge in [-0.05, 0) is 42.5 Å². The summed E-state index contributed by atoms with van der Waals surface area (Å²) in [6.07, 6.45) is 4.27. The molecule has 1 N–H and O–H groups in total. The molecule has 2 aromatic carbocycles. The number of hydrogen-bond acceptors (Lipinski definition) is 4. The summed E-state index contributed by atoms with van der Waals surface area (Å²) in [4.78, 5) is 17.6. The summed E-state index contributed by atoms with van der Waals surface area (Å²) in [6.45, 7) is 5.00. The second kappa shape index (κ2) is 9.68. The van der Waals surface area contributed by atoms with Gasteiger partial charge in [-0.1, -0.05) is 38.1 Å². The fourth-order valence-electron chi connectivity index (χ4n) is 4.61. The number of amides is 1. The van der Waals surface area contributed by atoms with Crippen LogP contribution < -0.4 is 5.32 Å². The topological polar surface area (TPSA) is 84.3 Å². The zero-order valence-electron chi connectivity index (χ0n) is 19.5. The Morgan fingerprint density at radius 2 is 1.82 bits per heavy atom. The predicted octanol–water partition coefficient (Wildman–Crippen LogP) is 3.75. The lowest BCUT2D eigenvalue weighted by atomic mass is 9.94. The van der Waals surface area contributed by atoms with Crippen LogP contribution in [0.4, 0.5) is 4.39 Å². The standard InChI is InChI=1S/C25H29FN4O3S/c1-17-13-18(2)16-30(15-17)34(32,33)20-8-6-7-19(14-20)25(31)28-23(24-27-11-12-29(24)3)21-9-4-5-10-22(21)26/h4-12,14,17-18,23H,13,15-16H2,1-3H3,(H,28,31)/t17-,18-,23-/m1/s1. The van der Waals surface area contributed by atoms with Crippen LogP contribution in [0.5, 0.6) is 0 Å². The third kappa shape index (κ3) is 4.90. The first-order chi connectivity index (χ1) is 16.2. The number of halogens is 1.